The van der Waals surface area contributed by atoms with Crippen molar-refractivity contribution in [3.8, 4) is 0 Å². The Labute approximate surface area is 102 Å². The summed E-state index contributed by atoms with van der Waals surface area (Å²) in [5.41, 5.74) is 7.13. The first-order valence-electron chi connectivity index (χ1n) is 5.93. The first kappa shape index (κ1) is 11.9. The van der Waals surface area contributed by atoms with Crippen molar-refractivity contribution in [3.05, 3.63) is 34.9 Å². The highest BCUT2D eigenvalue weighted by Crippen LogP contribution is 2.29. The van der Waals surface area contributed by atoms with Crippen molar-refractivity contribution in [2.24, 2.45) is 5.73 Å². The highest BCUT2D eigenvalue weighted by molar-refractivity contribution is 6.30. The van der Waals surface area contributed by atoms with Crippen LogP contribution in [0.2, 0.25) is 5.02 Å². The van der Waals surface area contributed by atoms with Crippen LogP contribution >= 0.6 is 11.6 Å². The first-order valence-corrected chi connectivity index (χ1v) is 6.31. The number of hydrogen-bond acceptors (Lipinski definition) is 2. The minimum Gasteiger partial charge on any atom is -0.329 e. The third-order valence-electron chi connectivity index (χ3n) is 3.54. The largest absolute Gasteiger partial charge is 0.329 e. The molecule has 0 saturated carbocycles. The van der Waals surface area contributed by atoms with E-state index in [2.05, 4.69) is 24.0 Å². The van der Waals surface area contributed by atoms with Gasteiger partial charge in [0.25, 0.3) is 0 Å². The molecule has 2 N–H and O–H groups in total. The molecular formula is C13H19ClN2. The third-order valence-corrected chi connectivity index (χ3v) is 3.80. The monoisotopic (exact) mass is 238 g/mol. The van der Waals surface area contributed by atoms with Gasteiger partial charge < -0.3 is 5.73 Å². The summed E-state index contributed by atoms with van der Waals surface area (Å²) in [6, 6.07) is 9.12. The van der Waals surface area contributed by atoms with Crippen molar-refractivity contribution >= 4 is 11.6 Å². The summed E-state index contributed by atoms with van der Waals surface area (Å²) < 4.78 is 0. The van der Waals surface area contributed by atoms with Crippen LogP contribution in [0.3, 0.4) is 0 Å². The Morgan fingerprint density at radius 2 is 2.12 bits per heavy atom. The predicted molar refractivity (Wildman–Crippen MR) is 68.6 cm³/mol. The Morgan fingerprint density at radius 3 is 2.75 bits per heavy atom. The molecule has 1 heterocycles. The molecule has 2 rings (SSSR count). The number of rotatable bonds is 3. The van der Waals surface area contributed by atoms with Gasteiger partial charge in [-0.05, 0) is 44.0 Å². The maximum Gasteiger partial charge on any atom is 0.0406 e. The standard InChI is InChI=1S/C13H19ClN2/c1-10(11-4-6-12(14)7-5-11)16-8-2-3-13(16)9-15/h4-7,10,13H,2-3,8-9,15H2,1H3. The van der Waals surface area contributed by atoms with Crippen LogP contribution < -0.4 is 5.73 Å². The fourth-order valence-corrected chi connectivity index (χ4v) is 2.68. The summed E-state index contributed by atoms with van der Waals surface area (Å²) in [4.78, 5) is 2.50. The van der Waals surface area contributed by atoms with E-state index in [1.165, 1.54) is 18.4 Å². The van der Waals surface area contributed by atoms with Crippen molar-refractivity contribution in [1.82, 2.24) is 4.90 Å². The summed E-state index contributed by atoms with van der Waals surface area (Å²) >= 11 is 5.90. The Balaban J connectivity index is 2.12. The first-order chi connectivity index (χ1) is 7.72. The van der Waals surface area contributed by atoms with Crippen LogP contribution in [0.4, 0.5) is 0 Å². The van der Waals surface area contributed by atoms with Gasteiger partial charge >= 0.3 is 0 Å². The van der Waals surface area contributed by atoms with Crippen molar-refractivity contribution in [2.75, 3.05) is 13.1 Å². The quantitative estimate of drug-likeness (QED) is 0.878. The van der Waals surface area contributed by atoms with Crippen molar-refractivity contribution in [3.63, 3.8) is 0 Å². The van der Waals surface area contributed by atoms with Gasteiger partial charge in [0.05, 0.1) is 0 Å². The lowest BCUT2D eigenvalue weighted by molar-refractivity contribution is 0.197. The van der Waals surface area contributed by atoms with E-state index >= 15 is 0 Å². The lowest BCUT2D eigenvalue weighted by atomic mass is 10.1. The third kappa shape index (κ3) is 2.40. The molecule has 0 radical (unpaired) electrons. The lowest BCUT2D eigenvalue weighted by Gasteiger charge is -2.30. The van der Waals surface area contributed by atoms with Gasteiger partial charge in [0.1, 0.15) is 0 Å². The predicted octanol–water partition coefficient (Wildman–Crippen LogP) is 2.82. The van der Waals surface area contributed by atoms with E-state index in [4.69, 9.17) is 17.3 Å². The summed E-state index contributed by atoms with van der Waals surface area (Å²) in [7, 11) is 0. The maximum absolute atomic E-state index is 5.90. The molecule has 1 aromatic carbocycles. The number of hydrogen-bond donors (Lipinski definition) is 1. The zero-order valence-corrected chi connectivity index (χ0v) is 10.5. The molecule has 2 atom stereocenters. The van der Waals surface area contributed by atoms with Gasteiger partial charge in [-0.15, -0.1) is 0 Å². The molecule has 0 aliphatic carbocycles. The van der Waals surface area contributed by atoms with Crippen LogP contribution in [-0.4, -0.2) is 24.0 Å². The smallest absolute Gasteiger partial charge is 0.0406 e. The molecule has 0 aromatic heterocycles. The SMILES string of the molecule is CC(c1ccc(Cl)cc1)N1CCCC1CN. The van der Waals surface area contributed by atoms with Crippen LogP contribution in [0.5, 0.6) is 0 Å². The lowest BCUT2D eigenvalue weighted by Crippen LogP contribution is -2.37. The van der Waals surface area contributed by atoms with Gasteiger partial charge in [-0.2, -0.15) is 0 Å². The summed E-state index contributed by atoms with van der Waals surface area (Å²) in [5.74, 6) is 0. The number of nitrogens with zero attached hydrogens (tertiary/aromatic N) is 1. The molecule has 1 aliphatic rings. The highest BCUT2D eigenvalue weighted by Gasteiger charge is 2.27. The van der Waals surface area contributed by atoms with Crippen molar-refractivity contribution < 1.29 is 0 Å². The molecule has 1 aliphatic heterocycles. The van der Waals surface area contributed by atoms with Crippen LogP contribution in [-0.2, 0) is 0 Å². The fourth-order valence-electron chi connectivity index (χ4n) is 2.55. The topological polar surface area (TPSA) is 29.3 Å². The van der Waals surface area contributed by atoms with E-state index in [1.807, 2.05) is 12.1 Å². The molecule has 88 valence electrons. The Kier molecular flexibility index (Phi) is 3.85. The number of likely N-dealkylation sites (tertiary alicyclic amines) is 1. The molecule has 0 amide bonds. The van der Waals surface area contributed by atoms with Crippen LogP contribution in [0.25, 0.3) is 0 Å². The number of nitrogens with two attached hydrogens (primary N) is 1. The second kappa shape index (κ2) is 5.17. The second-order valence-electron chi connectivity index (χ2n) is 4.50. The Bertz CT molecular complexity index is 336. The van der Waals surface area contributed by atoms with Gasteiger partial charge in [-0.25, -0.2) is 0 Å². The molecule has 0 spiro atoms. The zero-order chi connectivity index (χ0) is 11.5. The Morgan fingerprint density at radius 1 is 1.44 bits per heavy atom. The van der Waals surface area contributed by atoms with E-state index < -0.39 is 0 Å². The molecule has 2 nitrogen and oxygen atoms in total. The summed E-state index contributed by atoms with van der Waals surface area (Å²) in [6.45, 7) is 4.17. The fraction of sp³-hybridized carbons (Fsp3) is 0.538. The average Bonchev–Trinajstić information content (AvgIpc) is 2.77. The van der Waals surface area contributed by atoms with Crippen LogP contribution in [0, 0.1) is 0 Å². The molecule has 1 saturated heterocycles. The number of halogens is 1. The summed E-state index contributed by atoms with van der Waals surface area (Å²) in [5, 5.41) is 0.799. The normalized spacial score (nSPS) is 23.6. The van der Waals surface area contributed by atoms with Crippen LogP contribution in [0.1, 0.15) is 31.4 Å². The van der Waals surface area contributed by atoms with E-state index in [0.29, 0.717) is 12.1 Å². The minimum atomic E-state index is 0.438. The van der Waals surface area contributed by atoms with Crippen molar-refractivity contribution in [2.45, 2.75) is 31.8 Å². The van der Waals surface area contributed by atoms with Crippen LogP contribution in [0.15, 0.2) is 24.3 Å². The summed E-state index contributed by atoms with van der Waals surface area (Å²) in [6.07, 6.45) is 2.49. The van der Waals surface area contributed by atoms with Gasteiger partial charge in [-0.3, -0.25) is 4.90 Å². The van der Waals surface area contributed by atoms with Gasteiger partial charge in [-0.1, -0.05) is 23.7 Å². The van der Waals surface area contributed by atoms with E-state index in [0.717, 1.165) is 18.1 Å². The molecule has 2 unspecified atom stereocenters. The number of benzene rings is 1. The zero-order valence-electron chi connectivity index (χ0n) is 9.70. The second-order valence-corrected chi connectivity index (χ2v) is 4.93. The molecule has 1 fully saturated rings. The van der Waals surface area contributed by atoms with Gasteiger partial charge in [0.2, 0.25) is 0 Å². The molecule has 16 heavy (non-hydrogen) atoms. The maximum atomic E-state index is 5.90. The van der Waals surface area contributed by atoms with E-state index in [9.17, 15) is 0 Å². The molecule has 0 bridgehead atoms. The molecule has 1 aromatic rings. The van der Waals surface area contributed by atoms with Gasteiger partial charge in [0.15, 0.2) is 0 Å². The molecule has 3 heteroatoms. The highest BCUT2D eigenvalue weighted by atomic mass is 35.5. The van der Waals surface area contributed by atoms with E-state index in [-0.39, 0.29) is 0 Å². The van der Waals surface area contributed by atoms with E-state index in [1.54, 1.807) is 0 Å². The minimum absolute atomic E-state index is 0.438. The average molecular weight is 239 g/mol. The molecular weight excluding hydrogens is 220 g/mol. The van der Waals surface area contributed by atoms with Crippen molar-refractivity contribution in [1.29, 1.82) is 0 Å². The Hall–Kier alpha value is -0.570. The van der Waals surface area contributed by atoms with Gasteiger partial charge in [0, 0.05) is 23.7 Å².